The molecule has 1 aromatic carbocycles. The lowest BCUT2D eigenvalue weighted by molar-refractivity contribution is -0.138. The fourth-order valence-electron chi connectivity index (χ4n) is 5.44. The van der Waals surface area contributed by atoms with Gasteiger partial charge in [-0.3, -0.25) is 0 Å². The van der Waals surface area contributed by atoms with Gasteiger partial charge in [0.2, 0.25) is 0 Å². The molecule has 0 amide bonds. The average Bonchev–Trinajstić information content (AvgIpc) is 2.75. The van der Waals surface area contributed by atoms with Crippen LogP contribution in [0, 0.1) is 11.8 Å². The lowest BCUT2D eigenvalue weighted by atomic mass is 9.69. The summed E-state index contributed by atoms with van der Waals surface area (Å²) in [5.41, 5.74) is 4.32. The zero-order valence-electron chi connectivity index (χ0n) is 18.1. The lowest BCUT2D eigenvalue weighted by Gasteiger charge is -2.36. The summed E-state index contributed by atoms with van der Waals surface area (Å²) < 4.78 is 5.36. The Balaban J connectivity index is 1.64. The van der Waals surface area contributed by atoms with Crippen molar-refractivity contribution < 1.29 is 14.6 Å². The molecular weight excluding hydrogens is 360 g/mol. The molecule has 3 rings (SSSR count). The van der Waals surface area contributed by atoms with E-state index in [1.54, 1.807) is 6.92 Å². The van der Waals surface area contributed by atoms with Gasteiger partial charge in [0, 0.05) is 18.6 Å². The van der Waals surface area contributed by atoms with Crippen molar-refractivity contribution in [3.05, 3.63) is 47.0 Å². The smallest absolute Gasteiger partial charge is 0.333 e. The first-order valence-corrected chi connectivity index (χ1v) is 11.6. The van der Waals surface area contributed by atoms with E-state index in [0.717, 1.165) is 23.8 Å². The fourth-order valence-corrected chi connectivity index (χ4v) is 5.44. The number of carbonyl (C=O) groups is 1. The maximum absolute atomic E-state index is 11.7. The molecule has 0 saturated heterocycles. The molecule has 0 aliphatic heterocycles. The van der Waals surface area contributed by atoms with Crippen LogP contribution in [0.25, 0.3) is 0 Å². The molecule has 2 aliphatic carbocycles. The summed E-state index contributed by atoms with van der Waals surface area (Å²) in [7, 11) is 0. The Bertz CT molecular complexity index is 679. The molecule has 2 fully saturated rings. The molecule has 2 saturated carbocycles. The average molecular weight is 399 g/mol. The van der Waals surface area contributed by atoms with Gasteiger partial charge < -0.3 is 9.84 Å². The van der Waals surface area contributed by atoms with Crippen LogP contribution < -0.4 is 0 Å². The molecule has 0 spiro atoms. The summed E-state index contributed by atoms with van der Waals surface area (Å²) in [6.45, 7) is 5.88. The Kier molecular flexibility index (Phi) is 8.35. The maximum Gasteiger partial charge on any atom is 0.333 e. The Labute approximate surface area is 176 Å². The van der Waals surface area contributed by atoms with E-state index >= 15 is 0 Å². The van der Waals surface area contributed by atoms with Crippen LogP contribution in [-0.4, -0.2) is 24.3 Å². The van der Waals surface area contributed by atoms with Crippen molar-refractivity contribution >= 4 is 5.97 Å². The minimum Gasteiger partial charge on any atom is -0.462 e. The van der Waals surface area contributed by atoms with Gasteiger partial charge >= 0.3 is 5.97 Å². The van der Waals surface area contributed by atoms with Gasteiger partial charge in [0.25, 0.3) is 0 Å². The number of rotatable bonds is 8. The van der Waals surface area contributed by atoms with E-state index in [2.05, 4.69) is 24.8 Å². The van der Waals surface area contributed by atoms with Gasteiger partial charge in [0.05, 0.1) is 6.61 Å². The molecule has 0 atom stereocenters. The van der Waals surface area contributed by atoms with E-state index < -0.39 is 0 Å². The van der Waals surface area contributed by atoms with E-state index in [1.165, 1.54) is 68.9 Å². The van der Waals surface area contributed by atoms with Gasteiger partial charge in [-0.15, -0.1) is 0 Å². The van der Waals surface area contributed by atoms with Crippen LogP contribution in [0.15, 0.2) is 30.4 Å². The highest BCUT2D eigenvalue weighted by molar-refractivity contribution is 5.86. The van der Waals surface area contributed by atoms with Gasteiger partial charge in [-0.2, -0.15) is 0 Å². The van der Waals surface area contributed by atoms with Crippen LogP contribution in [0.2, 0.25) is 0 Å². The topological polar surface area (TPSA) is 46.5 Å². The highest BCUT2D eigenvalue weighted by Crippen LogP contribution is 2.43. The maximum atomic E-state index is 11.7. The minimum atomic E-state index is -0.314. The van der Waals surface area contributed by atoms with Crippen molar-refractivity contribution in [2.45, 2.75) is 83.5 Å². The summed E-state index contributed by atoms with van der Waals surface area (Å²) in [5, 5.41) is 9.31. The zero-order valence-corrected chi connectivity index (χ0v) is 18.1. The van der Waals surface area contributed by atoms with Crippen LogP contribution in [0.5, 0.6) is 0 Å². The summed E-state index contributed by atoms with van der Waals surface area (Å²) in [6.07, 6.45) is 13.9. The van der Waals surface area contributed by atoms with Crippen LogP contribution in [-0.2, 0) is 22.4 Å². The second kappa shape index (κ2) is 11.0. The molecule has 0 radical (unpaired) electrons. The van der Waals surface area contributed by atoms with Crippen molar-refractivity contribution in [3.63, 3.8) is 0 Å². The van der Waals surface area contributed by atoms with Crippen molar-refractivity contribution in [1.29, 1.82) is 0 Å². The molecule has 160 valence electrons. The van der Waals surface area contributed by atoms with Crippen molar-refractivity contribution in [3.8, 4) is 0 Å². The first kappa shape index (κ1) is 22.1. The Morgan fingerprint density at radius 2 is 1.72 bits per heavy atom. The minimum absolute atomic E-state index is 0.163. The third-order valence-corrected chi connectivity index (χ3v) is 7.09. The molecule has 29 heavy (non-hydrogen) atoms. The number of esters is 1. The molecule has 3 heteroatoms. The van der Waals surface area contributed by atoms with Crippen LogP contribution >= 0.6 is 0 Å². The van der Waals surface area contributed by atoms with E-state index in [4.69, 9.17) is 4.74 Å². The third-order valence-electron chi connectivity index (χ3n) is 7.09. The third kappa shape index (κ3) is 6.18. The molecule has 0 bridgehead atoms. The molecule has 3 nitrogen and oxygen atoms in total. The van der Waals surface area contributed by atoms with Gasteiger partial charge in [0.1, 0.15) is 0 Å². The Hall–Kier alpha value is -1.61. The summed E-state index contributed by atoms with van der Waals surface area (Å²) in [6, 6.07) is 6.65. The predicted molar refractivity (Wildman–Crippen MR) is 118 cm³/mol. The van der Waals surface area contributed by atoms with Gasteiger partial charge in [-0.25, -0.2) is 4.79 Å². The van der Waals surface area contributed by atoms with Gasteiger partial charge in [-0.05, 0) is 73.5 Å². The van der Waals surface area contributed by atoms with Crippen molar-refractivity contribution in [2.24, 2.45) is 11.8 Å². The monoisotopic (exact) mass is 398 g/mol. The number of carbonyl (C=O) groups excluding carboxylic acids is 1. The van der Waals surface area contributed by atoms with E-state index in [0.29, 0.717) is 24.5 Å². The highest BCUT2D eigenvalue weighted by Gasteiger charge is 2.29. The van der Waals surface area contributed by atoms with Crippen molar-refractivity contribution in [1.82, 2.24) is 0 Å². The fraction of sp³-hybridized carbons (Fsp3) is 0.654. The van der Waals surface area contributed by atoms with E-state index in [9.17, 15) is 9.90 Å². The Morgan fingerprint density at radius 3 is 2.38 bits per heavy atom. The summed E-state index contributed by atoms with van der Waals surface area (Å²) in [5.74, 6) is 2.20. The first-order valence-electron chi connectivity index (χ1n) is 11.6. The Morgan fingerprint density at radius 1 is 1.03 bits per heavy atom. The first-order chi connectivity index (χ1) is 14.1. The standard InChI is InChI=1S/C26H38O3/c1-19(2)26(28)29-17-15-24-18-20(14-16-27)8-13-25(24)23-11-9-22(10-12-23)21-6-4-3-5-7-21/h8,13,18,21-23,27H,1,3-7,9-12,14-17H2,2H3. The molecule has 0 heterocycles. The molecule has 0 unspecified atom stereocenters. The molecular formula is C26H38O3. The molecule has 2 aliphatic rings. The number of aliphatic hydroxyl groups excluding tert-OH is 1. The number of hydrogen-bond donors (Lipinski definition) is 1. The molecule has 1 aromatic rings. The van der Waals surface area contributed by atoms with E-state index in [-0.39, 0.29) is 12.6 Å². The van der Waals surface area contributed by atoms with Gasteiger partial charge in [-0.1, -0.05) is 56.9 Å². The normalized spacial score (nSPS) is 23.0. The second-order valence-electron chi connectivity index (χ2n) is 9.18. The van der Waals surface area contributed by atoms with Crippen LogP contribution in [0.4, 0.5) is 0 Å². The van der Waals surface area contributed by atoms with Crippen LogP contribution in [0.3, 0.4) is 0 Å². The number of ether oxygens (including phenoxy) is 1. The SMILES string of the molecule is C=C(C)C(=O)OCCc1cc(CCO)ccc1C1CCC(C2CCCCC2)CC1. The molecule has 1 N–H and O–H groups in total. The number of aliphatic hydroxyl groups is 1. The highest BCUT2D eigenvalue weighted by atomic mass is 16.5. The quantitative estimate of drug-likeness (QED) is 0.449. The summed E-state index contributed by atoms with van der Waals surface area (Å²) >= 11 is 0. The predicted octanol–water partition coefficient (Wildman–Crippen LogP) is 5.74. The number of benzene rings is 1. The van der Waals surface area contributed by atoms with Crippen LogP contribution in [0.1, 0.15) is 87.3 Å². The summed E-state index contributed by atoms with van der Waals surface area (Å²) in [4.78, 5) is 11.7. The lowest BCUT2D eigenvalue weighted by Crippen LogP contribution is -2.23. The van der Waals surface area contributed by atoms with Crippen molar-refractivity contribution in [2.75, 3.05) is 13.2 Å². The number of hydrogen-bond acceptors (Lipinski definition) is 3. The molecule has 0 aromatic heterocycles. The second-order valence-corrected chi connectivity index (χ2v) is 9.18. The van der Waals surface area contributed by atoms with E-state index in [1.807, 2.05) is 0 Å². The largest absolute Gasteiger partial charge is 0.462 e. The van der Waals surface area contributed by atoms with Gasteiger partial charge in [0.15, 0.2) is 0 Å². The zero-order chi connectivity index (χ0) is 20.6.